The lowest BCUT2D eigenvalue weighted by molar-refractivity contribution is 0.0839. The van der Waals surface area contributed by atoms with Gasteiger partial charge in [-0.15, -0.1) is 11.3 Å². The molecule has 4 nitrogen and oxygen atoms in total. The van der Waals surface area contributed by atoms with Gasteiger partial charge in [0.1, 0.15) is 0 Å². The smallest absolute Gasteiger partial charge is 0.252 e. The first-order chi connectivity index (χ1) is 8.83. The summed E-state index contributed by atoms with van der Waals surface area (Å²) < 4.78 is 6.19. The molecule has 0 aliphatic rings. The van der Waals surface area contributed by atoms with E-state index in [1.54, 1.807) is 11.3 Å². The third kappa shape index (κ3) is 3.07. The molecule has 1 heterocycles. The molecule has 0 atom stereocenters. The van der Waals surface area contributed by atoms with Crippen molar-refractivity contribution in [3.63, 3.8) is 0 Å². The minimum atomic E-state index is -0.0833. The van der Waals surface area contributed by atoms with Gasteiger partial charge in [0.25, 0.3) is 5.91 Å². The van der Waals surface area contributed by atoms with E-state index in [1.807, 2.05) is 29.6 Å². The summed E-state index contributed by atoms with van der Waals surface area (Å²) in [6.45, 7) is 1.16. The first-order valence-electron chi connectivity index (χ1n) is 5.76. The molecule has 2 rings (SSSR count). The van der Waals surface area contributed by atoms with E-state index in [0.717, 1.165) is 10.1 Å². The molecule has 2 aromatic rings. The van der Waals surface area contributed by atoms with Crippen LogP contribution in [0.2, 0.25) is 0 Å². The molecule has 0 fully saturated rings. The van der Waals surface area contributed by atoms with Crippen LogP contribution in [0.5, 0.6) is 0 Å². The number of rotatable bonds is 6. The molecule has 5 heteroatoms. The molecule has 18 heavy (non-hydrogen) atoms. The van der Waals surface area contributed by atoms with Crippen molar-refractivity contribution in [1.29, 1.82) is 0 Å². The first kappa shape index (κ1) is 13.0. The zero-order valence-electron chi connectivity index (χ0n) is 9.89. The molecule has 1 aromatic carbocycles. The van der Waals surface area contributed by atoms with E-state index in [0.29, 0.717) is 25.3 Å². The Bertz CT molecular complexity index is 524. The lowest BCUT2D eigenvalue weighted by Crippen LogP contribution is -2.27. The number of hydrogen-bond donors (Lipinski definition) is 2. The number of carbonyl (C=O) groups excluding carboxylic acids is 1. The molecule has 1 amide bonds. The molecule has 96 valence electrons. The van der Waals surface area contributed by atoms with Gasteiger partial charge in [0.15, 0.2) is 0 Å². The second kappa shape index (κ2) is 6.49. The van der Waals surface area contributed by atoms with Gasteiger partial charge < -0.3 is 15.2 Å². The topological polar surface area (TPSA) is 58.6 Å². The molecule has 0 radical (unpaired) electrons. The highest BCUT2D eigenvalue weighted by Gasteiger charge is 2.10. The Hall–Kier alpha value is -1.43. The summed E-state index contributed by atoms with van der Waals surface area (Å²) in [4.78, 5) is 11.9. The van der Waals surface area contributed by atoms with Crippen LogP contribution in [0, 0.1) is 0 Å². The van der Waals surface area contributed by atoms with Crippen LogP contribution in [-0.4, -0.2) is 37.4 Å². The predicted octanol–water partition coefficient (Wildman–Crippen LogP) is 1.64. The van der Waals surface area contributed by atoms with E-state index in [-0.39, 0.29) is 12.5 Å². The summed E-state index contributed by atoms with van der Waals surface area (Å²) in [5, 5.41) is 14.2. The van der Waals surface area contributed by atoms with Crippen LogP contribution in [0.3, 0.4) is 0 Å². The fraction of sp³-hybridized carbons (Fsp3) is 0.308. The summed E-state index contributed by atoms with van der Waals surface area (Å²) in [5.74, 6) is -0.0833. The van der Waals surface area contributed by atoms with E-state index >= 15 is 0 Å². The molecular weight excluding hydrogens is 250 g/mol. The lowest BCUT2D eigenvalue weighted by atomic mass is 10.2. The Kier molecular flexibility index (Phi) is 4.69. The molecule has 0 spiro atoms. The van der Waals surface area contributed by atoms with E-state index in [9.17, 15) is 4.79 Å². The van der Waals surface area contributed by atoms with Crippen LogP contribution >= 0.6 is 11.3 Å². The van der Waals surface area contributed by atoms with Gasteiger partial charge in [-0.1, -0.05) is 18.2 Å². The minimum absolute atomic E-state index is 0.00309. The summed E-state index contributed by atoms with van der Waals surface area (Å²) in [5.41, 5.74) is 0.706. The van der Waals surface area contributed by atoms with Crippen molar-refractivity contribution in [1.82, 2.24) is 5.32 Å². The average molecular weight is 265 g/mol. The maximum absolute atomic E-state index is 11.9. The lowest BCUT2D eigenvalue weighted by Gasteiger charge is -2.04. The molecule has 0 aliphatic heterocycles. The number of fused-ring (bicyclic) bond motifs is 1. The van der Waals surface area contributed by atoms with Gasteiger partial charge in [-0.3, -0.25) is 4.79 Å². The van der Waals surface area contributed by atoms with Crippen molar-refractivity contribution in [2.45, 2.75) is 0 Å². The molecule has 0 unspecified atom stereocenters. The van der Waals surface area contributed by atoms with Crippen LogP contribution in [0.1, 0.15) is 10.4 Å². The molecule has 0 saturated carbocycles. The van der Waals surface area contributed by atoms with Gasteiger partial charge in [-0.2, -0.15) is 0 Å². The number of ether oxygens (including phenoxy) is 1. The highest BCUT2D eigenvalue weighted by Crippen LogP contribution is 2.25. The highest BCUT2D eigenvalue weighted by atomic mass is 32.1. The summed E-state index contributed by atoms with van der Waals surface area (Å²) in [7, 11) is 0. The number of benzene rings is 1. The van der Waals surface area contributed by atoms with Crippen molar-refractivity contribution in [2.75, 3.05) is 26.4 Å². The SMILES string of the molecule is O=C(NCCOCCO)c1csc2ccccc12. The fourth-order valence-corrected chi connectivity index (χ4v) is 2.59. The third-order valence-electron chi connectivity index (χ3n) is 2.49. The number of amides is 1. The summed E-state index contributed by atoms with van der Waals surface area (Å²) >= 11 is 1.56. The first-order valence-corrected chi connectivity index (χ1v) is 6.64. The van der Waals surface area contributed by atoms with Crippen molar-refractivity contribution >= 4 is 27.3 Å². The molecule has 0 saturated heterocycles. The number of aliphatic hydroxyl groups is 1. The van der Waals surface area contributed by atoms with Crippen LogP contribution in [0.15, 0.2) is 29.6 Å². The van der Waals surface area contributed by atoms with Crippen LogP contribution < -0.4 is 5.32 Å². The normalized spacial score (nSPS) is 10.7. The number of aliphatic hydroxyl groups excluding tert-OH is 1. The Labute approximate surface area is 109 Å². The van der Waals surface area contributed by atoms with Gasteiger partial charge in [-0.05, 0) is 6.07 Å². The zero-order valence-corrected chi connectivity index (χ0v) is 10.7. The maximum atomic E-state index is 11.9. The van der Waals surface area contributed by atoms with Crippen LogP contribution in [0.25, 0.3) is 10.1 Å². The molecule has 0 aliphatic carbocycles. The van der Waals surface area contributed by atoms with Crippen LogP contribution in [-0.2, 0) is 4.74 Å². The fourth-order valence-electron chi connectivity index (χ4n) is 1.65. The van der Waals surface area contributed by atoms with E-state index in [2.05, 4.69) is 5.32 Å². The maximum Gasteiger partial charge on any atom is 0.252 e. The standard InChI is InChI=1S/C13H15NO3S/c15-6-8-17-7-5-14-13(16)11-9-18-12-4-2-1-3-10(11)12/h1-4,9,15H,5-8H2,(H,14,16). The van der Waals surface area contributed by atoms with Crippen LogP contribution in [0.4, 0.5) is 0 Å². The number of thiophene rings is 1. The Morgan fingerprint density at radius 1 is 1.33 bits per heavy atom. The third-order valence-corrected chi connectivity index (χ3v) is 3.46. The average Bonchev–Trinajstić information content (AvgIpc) is 2.82. The van der Waals surface area contributed by atoms with E-state index in [4.69, 9.17) is 9.84 Å². The van der Waals surface area contributed by atoms with Gasteiger partial charge in [0.2, 0.25) is 0 Å². The van der Waals surface area contributed by atoms with Crippen molar-refractivity contribution < 1.29 is 14.6 Å². The second-order valence-electron chi connectivity index (χ2n) is 3.74. The summed E-state index contributed by atoms with van der Waals surface area (Å²) in [6, 6.07) is 7.84. The van der Waals surface area contributed by atoms with Gasteiger partial charge >= 0.3 is 0 Å². The van der Waals surface area contributed by atoms with E-state index < -0.39 is 0 Å². The van der Waals surface area contributed by atoms with E-state index in [1.165, 1.54) is 0 Å². The predicted molar refractivity (Wildman–Crippen MR) is 72.1 cm³/mol. The number of nitrogens with one attached hydrogen (secondary N) is 1. The summed E-state index contributed by atoms with van der Waals surface area (Å²) in [6.07, 6.45) is 0. The zero-order chi connectivity index (χ0) is 12.8. The van der Waals surface area contributed by atoms with Crippen molar-refractivity contribution in [3.05, 3.63) is 35.2 Å². The largest absolute Gasteiger partial charge is 0.394 e. The quantitative estimate of drug-likeness (QED) is 0.781. The van der Waals surface area contributed by atoms with Crippen molar-refractivity contribution in [2.24, 2.45) is 0 Å². The second-order valence-corrected chi connectivity index (χ2v) is 4.65. The Morgan fingerprint density at radius 3 is 3.00 bits per heavy atom. The number of hydrogen-bond acceptors (Lipinski definition) is 4. The Balaban J connectivity index is 1.93. The minimum Gasteiger partial charge on any atom is -0.394 e. The number of carbonyl (C=O) groups is 1. The van der Waals surface area contributed by atoms with Gasteiger partial charge in [0, 0.05) is 22.0 Å². The molecule has 2 N–H and O–H groups in total. The van der Waals surface area contributed by atoms with Crippen molar-refractivity contribution in [3.8, 4) is 0 Å². The molecule has 0 bridgehead atoms. The molecule has 1 aromatic heterocycles. The Morgan fingerprint density at radius 2 is 2.17 bits per heavy atom. The highest BCUT2D eigenvalue weighted by molar-refractivity contribution is 7.17. The van der Waals surface area contributed by atoms with Gasteiger partial charge in [-0.25, -0.2) is 0 Å². The van der Waals surface area contributed by atoms with Gasteiger partial charge in [0.05, 0.1) is 25.4 Å². The molecular formula is C13H15NO3S. The monoisotopic (exact) mass is 265 g/mol.